The van der Waals surface area contributed by atoms with E-state index in [1.807, 2.05) is 97.1 Å². The van der Waals surface area contributed by atoms with Crippen molar-refractivity contribution in [2.75, 3.05) is 0 Å². The van der Waals surface area contributed by atoms with Gasteiger partial charge in [0.1, 0.15) is 22.7 Å². The highest BCUT2D eigenvalue weighted by Gasteiger charge is 2.18. The van der Waals surface area contributed by atoms with Gasteiger partial charge in [0, 0.05) is 27.5 Å². The molecule has 5 nitrogen and oxygen atoms in total. The predicted octanol–water partition coefficient (Wildman–Crippen LogP) is 11.7. The van der Waals surface area contributed by atoms with Gasteiger partial charge in [0.05, 0.1) is 0 Å². The van der Waals surface area contributed by atoms with Crippen LogP contribution in [0.2, 0.25) is 0 Å². The first kappa shape index (κ1) is 28.6. The van der Waals surface area contributed by atoms with E-state index in [1.54, 1.807) is 0 Å². The van der Waals surface area contributed by atoms with Crippen molar-refractivity contribution in [3.05, 3.63) is 163 Å². The molecule has 0 N–H and O–H groups in total. The smallest absolute Gasteiger partial charge is 0.164 e. The molecule has 0 fully saturated rings. The molecule has 0 amide bonds. The third-order valence-corrected chi connectivity index (χ3v) is 8.91. The maximum atomic E-state index is 6.45. The molecular formula is C44H29N3O2. The van der Waals surface area contributed by atoms with Crippen LogP contribution in [-0.2, 0) is 0 Å². The zero-order valence-corrected chi connectivity index (χ0v) is 26.7. The summed E-state index contributed by atoms with van der Waals surface area (Å²) in [5.74, 6) is 3.45. The van der Waals surface area contributed by atoms with E-state index in [2.05, 4.69) is 67.6 Å². The Morgan fingerprint density at radius 1 is 0.469 bits per heavy atom. The standard InChI is InChI=1S/C44H29N3O2/c1-28-19-20-34(27-40(28)48-35-23-21-29-11-8-9-16-32(29)25-35)33-22-24-38-37(26-33)41-36(17-10-18-39(41)49-38)44-46-42(30-12-4-2-5-13-30)45-43(47-44)31-14-6-3-7-15-31/h2-27H,1H3. The monoisotopic (exact) mass is 631 g/mol. The fourth-order valence-corrected chi connectivity index (χ4v) is 6.37. The normalized spacial score (nSPS) is 11.4. The van der Waals surface area contributed by atoms with E-state index in [0.717, 1.165) is 72.2 Å². The number of hydrogen-bond acceptors (Lipinski definition) is 5. The second kappa shape index (κ2) is 11.9. The number of aromatic nitrogens is 3. The second-order valence-electron chi connectivity index (χ2n) is 12.1. The molecule has 0 aliphatic carbocycles. The predicted molar refractivity (Wildman–Crippen MR) is 198 cm³/mol. The Morgan fingerprint density at radius 2 is 1.12 bits per heavy atom. The molecule has 232 valence electrons. The Labute approximate surface area is 283 Å². The molecule has 0 aliphatic rings. The van der Waals surface area contributed by atoms with Crippen LogP contribution < -0.4 is 4.74 Å². The fourth-order valence-electron chi connectivity index (χ4n) is 6.37. The van der Waals surface area contributed by atoms with E-state index in [-0.39, 0.29) is 0 Å². The summed E-state index contributed by atoms with van der Waals surface area (Å²) in [5.41, 5.74) is 7.48. The number of hydrogen-bond donors (Lipinski definition) is 0. The average Bonchev–Trinajstić information content (AvgIpc) is 3.54. The minimum absolute atomic E-state index is 0.591. The number of rotatable bonds is 6. The summed E-state index contributed by atoms with van der Waals surface area (Å²) in [7, 11) is 0. The van der Waals surface area contributed by atoms with Crippen LogP contribution in [0.3, 0.4) is 0 Å². The van der Waals surface area contributed by atoms with Gasteiger partial charge in [0.25, 0.3) is 0 Å². The van der Waals surface area contributed by atoms with Crippen molar-refractivity contribution in [1.29, 1.82) is 0 Å². The molecule has 0 saturated heterocycles. The first-order valence-corrected chi connectivity index (χ1v) is 16.3. The van der Waals surface area contributed by atoms with Gasteiger partial charge >= 0.3 is 0 Å². The summed E-state index contributed by atoms with van der Waals surface area (Å²) < 4.78 is 12.8. The number of fused-ring (bicyclic) bond motifs is 4. The Bertz CT molecular complexity index is 2590. The van der Waals surface area contributed by atoms with Gasteiger partial charge in [-0.2, -0.15) is 0 Å². The number of nitrogens with zero attached hydrogens (tertiary/aromatic N) is 3. The summed E-state index contributed by atoms with van der Waals surface area (Å²) in [5, 5.41) is 4.28. The van der Waals surface area contributed by atoms with Crippen LogP contribution >= 0.6 is 0 Å². The van der Waals surface area contributed by atoms with Crippen LogP contribution in [0.1, 0.15) is 5.56 Å². The lowest BCUT2D eigenvalue weighted by Crippen LogP contribution is -2.00. The zero-order valence-electron chi connectivity index (χ0n) is 26.7. The average molecular weight is 632 g/mol. The van der Waals surface area contributed by atoms with Crippen molar-refractivity contribution in [2.45, 2.75) is 6.92 Å². The largest absolute Gasteiger partial charge is 0.457 e. The van der Waals surface area contributed by atoms with Crippen molar-refractivity contribution in [2.24, 2.45) is 0 Å². The molecule has 9 aromatic rings. The third kappa shape index (κ3) is 5.37. The van der Waals surface area contributed by atoms with Crippen molar-refractivity contribution in [3.8, 4) is 56.8 Å². The van der Waals surface area contributed by atoms with Crippen LogP contribution in [0.15, 0.2) is 162 Å². The highest BCUT2D eigenvalue weighted by atomic mass is 16.5. The highest BCUT2D eigenvalue weighted by molar-refractivity contribution is 6.12. The molecule has 0 unspecified atom stereocenters. The fraction of sp³-hybridized carbons (Fsp3) is 0.0227. The van der Waals surface area contributed by atoms with Gasteiger partial charge in [-0.25, -0.2) is 15.0 Å². The van der Waals surface area contributed by atoms with E-state index in [4.69, 9.17) is 24.1 Å². The maximum Gasteiger partial charge on any atom is 0.164 e. The molecule has 0 aliphatic heterocycles. The van der Waals surface area contributed by atoms with Crippen LogP contribution in [0, 0.1) is 6.92 Å². The van der Waals surface area contributed by atoms with E-state index in [9.17, 15) is 0 Å². The van der Waals surface area contributed by atoms with Crippen LogP contribution in [0.5, 0.6) is 11.5 Å². The molecule has 0 spiro atoms. The zero-order chi connectivity index (χ0) is 32.7. The Kier molecular flexibility index (Phi) is 6.95. The van der Waals surface area contributed by atoms with Gasteiger partial charge in [0.15, 0.2) is 17.5 Å². The first-order valence-electron chi connectivity index (χ1n) is 16.3. The van der Waals surface area contributed by atoms with Gasteiger partial charge in [-0.15, -0.1) is 0 Å². The molecule has 7 aromatic carbocycles. The minimum atomic E-state index is 0.591. The van der Waals surface area contributed by atoms with Crippen molar-refractivity contribution >= 4 is 32.7 Å². The lowest BCUT2D eigenvalue weighted by molar-refractivity contribution is 0.480. The molecule has 0 saturated carbocycles. The topological polar surface area (TPSA) is 61.0 Å². The second-order valence-corrected chi connectivity index (χ2v) is 12.1. The van der Waals surface area contributed by atoms with Crippen LogP contribution in [0.4, 0.5) is 0 Å². The molecule has 2 heterocycles. The van der Waals surface area contributed by atoms with Gasteiger partial charge in [-0.05, 0) is 70.8 Å². The highest BCUT2D eigenvalue weighted by Crippen LogP contribution is 2.39. The number of benzene rings is 7. The summed E-state index contributed by atoms with van der Waals surface area (Å²) in [4.78, 5) is 14.9. The molecule has 2 aromatic heterocycles. The quantitative estimate of drug-likeness (QED) is 0.183. The van der Waals surface area contributed by atoms with Gasteiger partial charge in [0.2, 0.25) is 0 Å². The van der Waals surface area contributed by atoms with E-state index in [0.29, 0.717) is 17.5 Å². The Morgan fingerprint density at radius 3 is 1.88 bits per heavy atom. The van der Waals surface area contributed by atoms with E-state index < -0.39 is 0 Å². The number of ether oxygens (including phenoxy) is 1. The van der Waals surface area contributed by atoms with Gasteiger partial charge in [-0.1, -0.05) is 121 Å². The van der Waals surface area contributed by atoms with Crippen molar-refractivity contribution in [1.82, 2.24) is 15.0 Å². The summed E-state index contributed by atoms with van der Waals surface area (Å²) in [6, 6.07) is 53.3. The summed E-state index contributed by atoms with van der Waals surface area (Å²) in [6.07, 6.45) is 0. The van der Waals surface area contributed by atoms with Crippen LogP contribution in [0.25, 0.3) is 78.0 Å². The van der Waals surface area contributed by atoms with Gasteiger partial charge < -0.3 is 9.15 Å². The first-order chi connectivity index (χ1) is 24.2. The number of aryl methyl sites for hydroxylation is 1. The molecule has 9 rings (SSSR count). The third-order valence-electron chi connectivity index (χ3n) is 8.91. The molecule has 0 atom stereocenters. The Hall–Kier alpha value is -6.59. The summed E-state index contributed by atoms with van der Waals surface area (Å²) >= 11 is 0. The SMILES string of the molecule is Cc1ccc(-c2ccc3oc4cccc(-c5nc(-c6ccccc6)nc(-c6ccccc6)n5)c4c3c2)cc1Oc1ccc2ccccc2c1. The van der Waals surface area contributed by atoms with E-state index in [1.165, 1.54) is 5.39 Å². The lowest BCUT2D eigenvalue weighted by Gasteiger charge is -2.12. The molecule has 0 radical (unpaired) electrons. The molecule has 0 bridgehead atoms. The summed E-state index contributed by atoms with van der Waals surface area (Å²) in [6.45, 7) is 2.07. The number of furan rings is 1. The molecule has 49 heavy (non-hydrogen) atoms. The van der Waals surface area contributed by atoms with Crippen LogP contribution in [-0.4, -0.2) is 15.0 Å². The van der Waals surface area contributed by atoms with Gasteiger partial charge in [-0.3, -0.25) is 0 Å². The van der Waals surface area contributed by atoms with Crippen molar-refractivity contribution < 1.29 is 9.15 Å². The molecule has 5 heteroatoms. The maximum absolute atomic E-state index is 6.45. The van der Waals surface area contributed by atoms with Crippen molar-refractivity contribution in [3.63, 3.8) is 0 Å². The lowest BCUT2D eigenvalue weighted by atomic mass is 9.99. The minimum Gasteiger partial charge on any atom is -0.457 e. The van der Waals surface area contributed by atoms with E-state index >= 15 is 0 Å². The molecular weight excluding hydrogens is 603 g/mol. The Balaban J connectivity index is 1.16.